The lowest BCUT2D eigenvalue weighted by Gasteiger charge is -2.28. The van der Waals surface area contributed by atoms with Gasteiger partial charge >= 0.3 is 0 Å². The van der Waals surface area contributed by atoms with E-state index in [2.05, 4.69) is 211 Å². The van der Waals surface area contributed by atoms with Crippen molar-refractivity contribution in [3.63, 3.8) is 0 Å². The highest BCUT2D eigenvalue weighted by atomic mass is 16.3. The third-order valence-corrected chi connectivity index (χ3v) is 10.5. The standard InChI is InChI=1S/C52H35NO/c1-3-13-36(14-4-1)38-23-25-39(26-24-38)41-29-33-43(34-30-41)53(42-31-27-40(28-32-42)37-15-5-2-6-16-37)50-21-11-9-18-45(50)48-35-49-46-19-10-12-22-51(46)54-52(49)47-20-8-7-17-44(47)48/h1-35H. The maximum Gasteiger partial charge on any atom is 0.143 e. The molecule has 9 aromatic carbocycles. The molecule has 0 unspecified atom stereocenters. The number of anilines is 3. The van der Waals surface area contributed by atoms with Gasteiger partial charge in [-0.1, -0.05) is 170 Å². The molecule has 2 nitrogen and oxygen atoms in total. The highest BCUT2D eigenvalue weighted by Crippen LogP contribution is 2.46. The van der Waals surface area contributed by atoms with Crippen molar-refractivity contribution in [2.45, 2.75) is 0 Å². The van der Waals surface area contributed by atoms with Crippen LogP contribution in [0.15, 0.2) is 217 Å². The number of fused-ring (bicyclic) bond motifs is 5. The van der Waals surface area contributed by atoms with Crippen molar-refractivity contribution in [2.75, 3.05) is 4.90 Å². The molecule has 10 aromatic rings. The van der Waals surface area contributed by atoms with Crippen LogP contribution < -0.4 is 4.90 Å². The van der Waals surface area contributed by atoms with E-state index in [0.29, 0.717) is 0 Å². The second-order valence-corrected chi connectivity index (χ2v) is 13.7. The van der Waals surface area contributed by atoms with E-state index in [1.807, 2.05) is 6.07 Å². The summed E-state index contributed by atoms with van der Waals surface area (Å²) in [5.41, 5.74) is 14.6. The van der Waals surface area contributed by atoms with Crippen LogP contribution in [0, 0.1) is 0 Å². The maximum atomic E-state index is 6.49. The molecule has 0 saturated carbocycles. The first-order valence-electron chi connectivity index (χ1n) is 18.4. The molecule has 0 atom stereocenters. The van der Waals surface area contributed by atoms with E-state index in [0.717, 1.165) is 55.3 Å². The summed E-state index contributed by atoms with van der Waals surface area (Å²) in [7, 11) is 0. The van der Waals surface area contributed by atoms with Crippen LogP contribution in [-0.2, 0) is 0 Å². The Morgan fingerprint density at radius 3 is 1.30 bits per heavy atom. The molecule has 0 aliphatic rings. The van der Waals surface area contributed by atoms with E-state index < -0.39 is 0 Å². The van der Waals surface area contributed by atoms with Crippen LogP contribution in [0.3, 0.4) is 0 Å². The van der Waals surface area contributed by atoms with Gasteiger partial charge in [-0.05, 0) is 86.8 Å². The Kier molecular flexibility index (Phi) is 7.85. The first-order chi connectivity index (χ1) is 26.8. The van der Waals surface area contributed by atoms with Crippen molar-refractivity contribution in [2.24, 2.45) is 0 Å². The minimum Gasteiger partial charge on any atom is -0.455 e. The second-order valence-electron chi connectivity index (χ2n) is 13.7. The summed E-state index contributed by atoms with van der Waals surface area (Å²) in [5, 5.41) is 4.51. The monoisotopic (exact) mass is 689 g/mol. The lowest BCUT2D eigenvalue weighted by molar-refractivity contribution is 0.672. The molecule has 0 aliphatic heterocycles. The summed E-state index contributed by atoms with van der Waals surface area (Å²) in [6, 6.07) is 75.9. The molecule has 2 heteroatoms. The number of rotatable bonds is 7. The molecule has 54 heavy (non-hydrogen) atoms. The molecule has 0 amide bonds. The average molecular weight is 690 g/mol. The molecule has 0 fully saturated rings. The number of para-hydroxylation sites is 2. The zero-order valence-corrected chi connectivity index (χ0v) is 29.6. The van der Waals surface area contributed by atoms with Gasteiger partial charge in [0.05, 0.1) is 5.69 Å². The van der Waals surface area contributed by atoms with Gasteiger partial charge in [0.25, 0.3) is 0 Å². The van der Waals surface area contributed by atoms with E-state index in [9.17, 15) is 0 Å². The van der Waals surface area contributed by atoms with Crippen molar-refractivity contribution < 1.29 is 4.42 Å². The van der Waals surface area contributed by atoms with Crippen LogP contribution in [0.5, 0.6) is 0 Å². The summed E-state index contributed by atoms with van der Waals surface area (Å²) < 4.78 is 6.49. The van der Waals surface area contributed by atoms with Gasteiger partial charge in [-0.25, -0.2) is 0 Å². The summed E-state index contributed by atoms with van der Waals surface area (Å²) in [6.07, 6.45) is 0. The van der Waals surface area contributed by atoms with Gasteiger partial charge in [-0.15, -0.1) is 0 Å². The van der Waals surface area contributed by atoms with Crippen LogP contribution in [0.1, 0.15) is 0 Å². The van der Waals surface area contributed by atoms with Crippen LogP contribution in [0.4, 0.5) is 17.1 Å². The van der Waals surface area contributed by atoms with E-state index >= 15 is 0 Å². The zero-order chi connectivity index (χ0) is 35.8. The van der Waals surface area contributed by atoms with Crippen LogP contribution in [0.25, 0.3) is 77.2 Å². The minimum absolute atomic E-state index is 0.901. The van der Waals surface area contributed by atoms with Crippen molar-refractivity contribution in [1.29, 1.82) is 0 Å². The molecule has 1 heterocycles. The van der Waals surface area contributed by atoms with Crippen LogP contribution in [-0.4, -0.2) is 0 Å². The topological polar surface area (TPSA) is 16.4 Å². The predicted octanol–water partition coefficient (Wildman–Crippen LogP) is 14.9. The van der Waals surface area contributed by atoms with E-state index in [4.69, 9.17) is 4.42 Å². The first kappa shape index (κ1) is 31.6. The largest absolute Gasteiger partial charge is 0.455 e. The van der Waals surface area contributed by atoms with E-state index in [1.54, 1.807) is 0 Å². The number of hydrogen-bond donors (Lipinski definition) is 0. The highest BCUT2D eigenvalue weighted by molar-refractivity contribution is 6.19. The summed E-state index contributed by atoms with van der Waals surface area (Å²) in [6.45, 7) is 0. The Balaban J connectivity index is 1.12. The third-order valence-electron chi connectivity index (χ3n) is 10.5. The fourth-order valence-corrected chi connectivity index (χ4v) is 7.82. The summed E-state index contributed by atoms with van der Waals surface area (Å²) in [5.74, 6) is 0. The molecule has 10 rings (SSSR count). The van der Waals surface area contributed by atoms with Crippen molar-refractivity contribution in [3.8, 4) is 44.5 Å². The molecule has 0 saturated heterocycles. The van der Waals surface area contributed by atoms with E-state index in [-0.39, 0.29) is 0 Å². The Morgan fingerprint density at radius 2 is 0.722 bits per heavy atom. The molecular weight excluding hydrogens is 655 g/mol. The molecule has 0 bridgehead atoms. The molecular formula is C52H35NO. The second kappa shape index (κ2) is 13.4. The van der Waals surface area contributed by atoms with Gasteiger partial charge < -0.3 is 9.32 Å². The van der Waals surface area contributed by atoms with Gasteiger partial charge in [0.2, 0.25) is 0 Å². The predicted molar refractivity (Wildman–Crippen MR) is 228 cm³/mol. The average Bonchev–Trinajstić information content (AvgIpc) is 3.64. The Hall–Kier alpha value is -7.16. The van der Waals surface area contributed by atoms with Crippen LogP contribution >= 0.6 is 0 Å². The first-order valence-corrected chi connectivity index (χ1v) is 18.4. The molecule has 0 N–H and O–H groups in total. The third kappa shape index (κ3) is 5.62. The summed E-state index contributed by atoms with van der Waals surface area (Å²) in [4.78, 5) is 2.39. The minimum atomic E-state index is 0.901. The van der Waals surface area contributed by atoms with Crippen molar-refractivity contribution in [1.82, 2.24) is 0 Å². The zero-order valence-electron chi connectivity index (χ0n) is 29.6. The number of hydrogen-bond acceptors (Lipinski definition) is 2. The number of nitrogens with zero attached hydrogens (tertiary/aromatic N) is 1. The van der Waals surface area contributed by atoms with Gasteiger partial charge in [0, 0.05) is 33.1 Å². The van der Waals surface area contributed by atoms with Gasteiger partial charge in [-0.2, -0.15) is 0 Å². The molecule has 1 aromatic heterocycles. The molecule has 0 radical (unpaired) electrons. The molecule has 0 aliphatic carbocycles. The van der Waals surface area contributed by atoms with Crippen molar-refractivity contribution >= 4 is 49.8 Å². The molecule has 0 spiro atoms. The Labute approximate surface area is 314 Å². The summed E-state index contributed by atoms with van der Waals surface area (Å²) >= 11 is 0. The van der Waals surface area contributed by atoms with Gasteiger partial charge in [0.15, 0.2) is 0 Å². The van der Waals surface area contributed by atoms with E-state index in [1.165, 1.54) is 38.9 Å². The van der Waals surface area contributed by atoms with Gasteiger partial charge in [-0.3, -0.25) is 0 Å². The van der Waals surface area contributed by atoms with Crippen LogP contribution in [0.2, 0.25) is 0 Å². The number of benzene rings is 9. The van der Waals surface area contributed by atoms with Crippen molar-refractivity contribution in [3.05, 3.63) is 212 Å². The normalized spacial score (nSPS) is 11.3. The number of furan rings is 1. The SMILES string of the molecule is c1ccc(-c2ccc(-c3ccc(N(c4ccc(-c5ccccc5)cc4)c4ccccc4-c4cc5c6ccccc6oc5c5ccccc45)cc3)cc2)cc1. The fraction of sp³-hybridized carbons (Fsp3) is 0. The lowest BCUT2D eigenvalue weighted by atomic mass is 9.93. The highest BCUT2D eigenvalue weighted by Gasteiger charge is 2.21. The molecule has 254 valence electrons. The van der Waals surface area contributed by atoms with Gasteiger partial charge in [0.1, 0.15) is 11.2 Å². The quantitative estimate of drug-likeness (QED) is 0.166. The lowest BCUT2D eigenvalue weighted by Crippen LogP contribution is -2.11. The Bertz CT molecular complexity index is 2890. The maximum absolute atomic E-state index is 6.49. The Morgan fingerprint density at radius 1 is 0.296 bits per heavy atom. The smallest absolute Gasteiger partial charge is 0.143 e. The fourth-order valence-electron chi connectivity index (χ4n) is 7.82.